The molecule has 160 valence electrons. The molecule has 1 aromatic rings. The van der Waals surface area contributed by atoms with Crippen LogP contribution in [-0.4, -0.2) is 85.6 Å². The molecule has 29 heavy (non-hydrogen) atoms. The number of nitrogens with zero attached hydrogens (tertiary/aromatic N) is 4. The quantitative estimate of drug-likeness (QED) is 0.682. The highest BCUT2D eigenvalue weighted by Crippen LogP contribution is 2.31. The molecule has 0 N–H and O–H groups in total. The minimum atomic E-state index is -0.751. The zero-order chi connectivity index (χ0) is 20.2. The van der Waals surface area contributed by atoms with Gasteiger partial charge in [0.2, 0.25) is 5.06 Å². The van der Waals surface area contributed by atoms with Crippen LogP contribution in [-0.2, 0) is 9.47 Å². The molecule has 3 aliphatic rings. The van der Waals surface area contributed by atoms with Crippen molar-refractivity contribution in [3.05, 3.63) is 6.20 Å². The van der Waals surface area contributed by atoms with Crippen LogP contribution in [0, 0.1) is 0 Å². The summed E-state index contributed by atoms with van der Waals surface area (Å²) in [5, 5.41) is 1.20. The van der Waals surface area contributed by atoms with E-state index in [1.807, 2.05) is 4.90 Å². The Balaban J connectivity index is 1.19. The van der Waals surface area contributed by atoms with Crippen LogP contribution in [0.1, 0.15) is 32.1 Å². The second-order valence-corrected chi connectivity index (χ2v) is 8.67. The molecule has 3 heterocycles. The zero-order valence-electron chi connectivity index (χ0n) is 16.7. The summed E-state index contributed by atoms with van der Waals surface area (Å²) in [4.78, 5) is 34.5. The second-order valence-electron chi connectivity index (χ2n) is 7.70. The number of carbonyl (C=O) groups excluding carboxylic acids is 2. The highest BCUT2D eigenvalue weighted by Gasteiger charge is 2.31. The molecule has 9 nitrogen and oxygen atoms in total. The number of amides is 1. The van der Waals surface area contributed by atoms with Gasteiger partial charge in [0.05, 0.1) is 13.3 Å². The highest BCUT2D eigenvalue weighted by atomic mass is 32.1. The number of carbonyl (C=O) groups is 2. The average molecular weight is 425 g/mol. The van der Waals surface area contributed by atoms with E-state index < -0.39 is 6.16 Å². The van der Waals surface area contributed by atoms with E-state index in [1.165, 1.54) is 43.9 Å². The van der Waals surface area contributed by atoms with E-state index in [0.29, 0.717) is 5.06 Å². The number of thiazole rings is 1. The minimum absolute atomic E-state index is 0.0610. The number of rotatable bonds is 4. The molecule has 0 bridgehead atoms. The topological polar surface area (TPSA) is 84.4 Å². The lowest BCUT2D eigenvalue weighted by Gasteiger charge is -2.43. The Labute approximate surface area is 174 Å². The van der Waals surface area contributed by atoms with E-state index in [2.05, 4.69) is 19.5 Å². The van der Waals surface area contributed by atoms with Gasteiger partial charge in [-0.15, -0.1) is 0 Å². The van der Waals surface area contributed by atoms with Gasteiger partial charge < -0.3 is 24.0 Å². The molecule has 1 saturated carbocycles. The number of piperazine rings is 1. The first-order valence-corrected chi connectivity index (χ1v) is 11.1. The van der Waals surface area contributed by atoms with Crippen LogP contribution in [0.5, 0.6) is 5.06 Å². The molecule has 1 aliphatic carbocycles. The van der Waals surface area contributed by atoms with Gasteiger partial charge in [0, 0.05) is 58.2 Å². The first-order valence-electron chi connectivity index (χ1n) is 10.3. The summed E-state index contributed by atoms with van der Waals surface area (Å²) in [6.45, 7) is 4.93. The van der Waals surface area contributed by atoms with E-state index in [9.17, 15) is 9.59 Å². The van der Waals surface area contributed by atoms with Gasteiger partial charge in [-0.1, -0.05) is 17.8 Å². The van der Waals surface area contributed by atoms with Gasteiger partial charge >= 0.3 is 12.2 Å². The molecular weight excluding hydrogens is 396 g/mol. The predicted molar refractivity (Wildman–Crippen MR) is 108 cm³/mol. The van der Waals surface area contributed by atoms with Crippen molar-refractivity contribution in [2.24, 2.45) is 0 Å². The molecule has 10 heteroatoms. The maximum atomic E-state index is 12.5. The third-order valence-electron chi connectivity index (χ3n) is 5.97. The number of hydrogen-bond acceptors (Lipinski definition) is 9. The van der Waals surface area contributed by atoms with Crippen LogP contribution in [0.4, 0.5) is 14.7 Å². The third-order valence-corrected chi connectivity index (χ3v) is 6.90. The van der Waals surface area contributed by atoms with Crippen molar-refractivity contribution in [2.45, 2.75) is 44.2 Å². The summed E-state index contributed by atoms with van der Waals surface area (Å²) in [5.41, 5.74) is 0. The van der Waals surface area contributed by atoms with Crippen LogP contribution < -0.4 is 9.64 Å². The summed E-state index contributed by atoms with van der Waals surface area (Å²) in [5.74, 6) is 0. The minimum Gasteiger partial charge on any atom is -0.446 e. The SMILES string of the molecule is COC(=O)Oc1cnc(N2CCC(OC(=O)N3CCN(C4CCC4)CC3)CC2)s1. The Morgan fingerprint density at radius 3 is 2.41 bits per heavy atom. The lowest BCUT2D eigenvalue weighted by Crippen LogP contribution is -2.54. The molecule has 2 aliphatic heterocycles. The molecule has 2 saturated heterocycles. The van der Waals surface area contributed by atoms with Gasteiger partial charge in [0.25, 0.3) is 0 Å². The molecular formula is C19H28N4O5S. The first kappa shape index (κ1) is 20.2. The average Bonchev–Trinajstić information content (AvgIpc) is 3.16. The fourth-order valence-electron chi connectivity index (χ4n) is 3.97. The summed E-state index contributed by atoms with van der Waals surface area (Å²) in [6.07, 6.45) is 6.00. The van der Waals surface area contributed by atoms with Gasteiger partial charge in [0.15, 0.2) is 5.13 Å². The van der Waals surface area contributed by atoms with E-state index >= 15 is 0 Å². The van der Waals surface area contributed by atoms with Gasteiger partial charge in [0.1, 0.15) is 6.10 Å². The molecule has 0 radical (unpaired) electrons. The Bertz CT molecular complexity index is 709. The van der Waals surface area contributed by atoms with Gasteiger partial charge in [-0.05, 0) is 12.8 Å². The van der Waals surface area contributed by atoms with Crippen LogP contribution >= 0.6 is 11.3 Å². The number of anilines is 1. The van der Waals surface area contributed by atoms with E-state index in [1.54, 1.807) is 0 Å². The molecule has 0 atom stereocenters. The third kappa shape index (κ3) is 4.92. The van der Waals surface area contributed by atoms with Crippen LogP contribution in [0.2, 0.25) is 0 Å². The standard InChI is InChI=1S/C19H28N4O5S/c1-26-19(25)28-16-13-20-17(29-16)22-7-5-15(6-8-22)27-18(24)23-11-9-21(10-12-23)14-3-2-4-14/h13-15H,2-12H2,1H3. The summed E-state index contributed by atoms with van der Waals surface area (Å²) in [7, 11) is 1.27. The lowest BCUT2D eigenvalue weighted by atomic mass is 9.91. The van der Waals surface area contributed by atoms with Crippen molar-refractivity contribution < 1.29 is 23.8 Å². The Morgan fingerprint density at radius 2 is 1.79 bits per heavy atom. The lowest BCUT2D eigenvalue weighted by molar-refractivity contribution is 0.0230. The van der Waals surface area contributed by atoms with Crippen LogP contribution in [0.25, 0.3) is 0 Å². The zero-order valence-corrected chi connectivity index (χ0v) is 17.6. The predicted octanol–water partition coefficient (Wildman–Crippen LogP) is 2.56. The number of piperidine rings is 1. The van der Waals surface area contributed by atoms with Crippen molar-refractivity contribution in [1.29, 1.82) is 0 Å². The fraction of sp³-hybridized carbons (Fsp3) is 0.737. The first-order chi connectivity index (χ1) is 14.1. The number of methoxy groups -OCH3 is 1. The maximum Gasteiger partial charge on any atom is 0.514 e. The van der Waals surface area contributed by atoms with Crippen molar-refractivity contribution >= 4 is 28.7 Å². The molecule has 0 aromatic carbocycles. The van der Waals surface area contributed by atoms with Gasteiger partial charge in [-0.25, -0.2) is 14.6 Å². The summed E-state index contributed by atoms with van der Waals surface area (Å²) in [6, 6.07) is 0.738. The number of ether oxygens (including phenoxy) is 3. The van der Waals surface area contributed by atoms with Crippen LogP contribution in [0.3, 0.4) is 0 Å². The molecule has 1 amide bonds. The Hall–Kier alpha value is -2.07. The van der Waals surface area contributed by atoms with Crippen molar-refractivity contribution in [2.75, 3.05) is 51.3 Å². The normalized spacial score (nSPS) is 21.6. The number of aromatic nitrogens is 1. The summed E-state index contributed by atoms with van der Waals surface area (Å²) < 4.78 is 15.2. The van der Waals surface area contributed by atoms with E-state index in [4.69, 9.17) is 9.47 Å². The number of hydrogen-bond donors (Lipinski definition) is 0. The molecule has 0 unspecified atom stereocenters. The second kappa shape index (κ2) is 9.17. The largest absolute Gasteiger partial charge is 0.514 e. The van der Waals surface area contributed by atoms with Crippen LogP contribution in [0.15, 0.2) is 6.20 Å². The molecule has 0 spiro atoms. The monoisotopic (exact) mass is 424 g/mol. The van der Waals surface area contributed by atoms with Crippen molar-refractivity contribution in [1.82, 2.24) is 14.8 Å². The van der Waals surface area contributed by atoms with Crippen molar-refractivity contribution in [3.63, 3.8) is 0 Å². The fourth-order valence-corrected chi connectivity index (χ4v) is 4.78. The maximum absolute atomic E-state index is 12.5. The van der Waals surface area contributed by atoms with E-state index in [-0.39, 0.29) is 12.2 Å². The molecule has 3 fully saturated rings. The van der Waals surface area contributed by atoms with Crippen molar-refractivity contribution in [3.8, 4) is 5.06 Å². The smallest absolute Gasteiger partial charge is 0.446 e. The highest BCUT2D eigenvalue weighted by molar-refractivity contribution is 7.17. The molecule has 1 aromatic heterocycles. The Morgan fingerprint density at radius 1 is 1.07 bits per heavy atom. The van der Waals surface area contributed by atoms with Gasteiger partial charge in [-0.3, -0.25) is 4.90 Å². The Kier molecular flexibility index (Phi) is 6.39. The van der Waals surface area contributed by atoms with E-state index in [0.717, 1.165) is 63.3 Å². The summed E-state index contributed by atoms with van der Waals surface area (Å²) >= 11 is 1.30. The van der Waals surface area contributed by atoms with Gasteiger partial charge in [-0.2, -0.15) is 0 Å². The molecule has 4 rings (SSSR count).